The molecule has 3 heterocycles. The highest BCUT2D eigenvalue weighted by molar-refractivity contribution is 8.02. The molecule has 1 spiro atoms. The number of nitrogens with one attached hydrogen (secondary N) is 1. The molecule has 0 aromatic rings. The van der Waals surface area contributed by atoms with Gasteiger partial charge in [0.1, 0.15) is 6.04 Å². The monoisotopic (exact) mass is 454 g/mol. The molecule has 176 valence electrons. The van der Waals surface area contributed by atoms with Crippen molar-refractivity contribution in [1.82, 2.24) is 10.2 Å². The number of rotatable bonds is 10. The molecule has 2 bridgehead atoms. The number of thioether (sulfide) groups is 1. The van der Waals surface area contributed by atoms with Crippen LogP contribution >= 0.6 is 11.8 Å². The number of hydrogen-bond donors (Lipinski definition) is 2. The summed E-state index contributed by atoms with van der Waals surface area (Å²) in [6, 6.07) is -1.12. The average Bonchev–Trinajstić information content (AvgIpc) is 3.36. The quantitative estimate of drug-likeness (QED) is 0.492. The fourth-order valence-electron chi connectivity index (χ4n) is 5.90. The van der Waals surface area contributed by atoms with Crippen molar-refractivity contribution < 1.29 is 24.2 Å². The van der Waals surface area contributed by atoms with Gasteiger partial charge in [-0.15, -0.1) is 11.8 Å². The Labute approximate surface area is 190 Å². The van der Waals surface area contributed by atoms with E-state index in [2.05, 4.69) is 12.2 Å². The number of esters is 1. The predicted molar refractivity (Wildman–Crippen MR) is 120 cm³/mol. The number of amides is 2. The first-order chi connectivity index (χ1) is 14.8. The molecule has 0 aliphatic carbocycles. The van der Waals surface area contributed by atoms with Crippen LogP contribution in [-0.2, 0) is 19.1 Å². The van der Waals surface area contributed by atoms with Gasteiger partial charge in [0.15, 0.2) is 0 Å². The van der Waals surface area contributed by atoms with E-state index in [9.17, 15) is 19.5 Å². The van der Waals surface area contributed by atoms with E-state index in [1.807, 2.05) is 20.8 Å². The lowest BCUT2D eigenvalue weighted by atomic mass is 9.71. The molecule has 0 aromatic carbocycles. The molecule has 0 aromatic heterocycles. The van der Waals surface area contributed by atoms with E-state index in [4.69, 9.17) is 4.74 Å². The normalized spacial score (nSPS) is 34.4. The van der Waals surface area contributed by atoms with E-state index in [1.54, 1.807) is 23.6 Å². The third-order valence-corrected chi connectivity index (χ3v) is 9.45. The van der Waals surface area contributed by atoms with Crippen LogP contribution in [0.5, 0.6) is 0 Å². The zero-order chi connectivity index (χ0) is 22.9. The SMILES string of the molecule is CCCC(C)NC(=O)C1N([C@@H](CO)[C@@H](C)CC)C(=O)[C@@H]2[C@H](C(=O)OCC)[C@@H]3CCC12S3. The van der Waals surface area contributed by atoms with E-state index in [0.29, 0.717) is 0 Å². The molecule has 7 nitrogen and oxygen atoms in total. The molecule has 8 atom stereocenters. The number of fused-ring (bicyclic) bond motifs is 1. The van der Waals surface area contributed by atoms with Gasteiger partial charge in [0.2, 0.25) is 11.8 Å². The first-order valence-electron chi connectivity index (χ1n) is 11.8. The third-order valence-electron chi connectivity index (χ3n) is 7.50. The molecule has 0 radical (unpaired) electrons. The highest BCUT2D eigenvalue weighted by atomic mass is 32.2. The van der Waals surface area contributed by atoms with Crippen molar-refractivity contribution >= 4 is 29.5 Å². The number of carbonyl (C=O) groups excluding carboxylic acids is 3. The minimum atomic E-state index is -0.676. The topological polar surface area (TPSA) is 95.9 Å². The van der Waals surface area contributed by atoms with Crippen LogP contribution in [0.1, 0.15) is 66.7 Å². The predicted octanol–water partition coefficient (Wildman–Crippen LogP) is 2.35. The summed E-state index contributed by atoms with van der Waals surface area (Å²) in [6.07, 6.45) is 4.12. The molecule has 3 saturated heterocycles. The number of carbonyl (C=O) groups is 3. The third kappa shape index (κ3) is 3.99. The van der Waals surface area contributed by atoms with E-state index in [1.165, 1.54) is 0 Å². The molecule has 3 rings (SSSR count). The number of aliphatic hydroxyl groups is 1. The van der Waals surface area contributed by atoms with Crippen LogP contribution in [0, 0.1) is 17.8 Å². The largest absolute Gasteiger partial charge is 0.466 e. The van der Waals surface area contributed by atoms with Crippen molar-refractivity contribution in [3.05, 3.63) is 0 Å². The average molecular weight is 455 g/mol. The summed E-state index contributed by atoms with van der Waals surface area (Å²) in [5.74, 6) is -1.70. The van der Waals surface area contributed by atoms with E-state index >= 15 is 0 Å². The van der Waals surface area contributed by atoms with Crippen LogP contribution in [0.4, 0.5) is 0 Å². The van der Waals surface area contributed by atoms with Crippen LogP contribution in [0.2, 0.25) is 0 Å². The number of hydrogen-bond acceptors (Lipinski definition) is 6. The minimum Gasteiger partial charge on any atom is -0.466 e. The molecule has 0 saturated carbocycles. The van der Waals surface area contributed by atoms with Crippen molar-refractivity contribution in [3.63, 3.8) is 0 Å². The fraction of sp³-hybridized carbons (Fsp3) is 0.870. The van der Waals surface area contributed by atoms with Gasteiger partial charge in [-0.3, -0.25) is 14.4 Å². The van der Waals surface area contributed by atoms with Crippen molar-refractivity contribution in [2.75, 3.05) is 13.2 Å². The standard InChI is InChI=1S/C23H38N2O5S/c1-6-9-14(5)24-20(27)19-23-11-10-16(31-23)17(22(29)30-8-3)18(23)21(28)25(19)15(12-26)13(4)7-2/h13-19,26H,6-12H2,1-5H3,(H,24,27)/t13-,14?,15-,16-,17+,18-,19?,23?/m0/s1. The summed E-state index contributed by atoms with van der Waals surface area (Å²) < 4.78 is 4.71. The van der Waals surface area contributed by atoms with Crippen LogP contribution in [0.25, 0.3) is 0 Å². The van der Waals surface area contributed by atoms with Gasteiger partial charge in [0, 0.05) is 11.3 Å². The Hall–Kier alpha value is -1.28. The zero-order valence-electron chi connectivity index (χ0n) is 19.4. The molecular formula is C23H38N2O5S. The van der Waals surface area contributed by atoms with Gasteiger partial charge in [-0.1, -0.05) is 33.6 Å². The number of likely N-dealkylation sites (tertiary alicyclic amines) is 1. The zero-order valence-corrected chi connectivity index (χ0v) is 20.2. The molecule has 3 aliphatic heterocycles. The van der Waals surface area contributed by atoms with Gasteiger partial charge in [-0.25, -0.2) is 0 Å². The highest BCUT2D eigenvalue weighted by Gasteiger charge is 2.74. The van der Waals surface area contributed by atoms with Crippen LogP contribution in [0.3, 0.4) is 0 Å². The van der Waals surface area contributed by atoms with E-state index < -0.39 is 28.7 Å². The lowest BCUT2D eigenvalue weighted by Gasteiger charge is -2.39. The number of nitrogens with zero attached hydrogens (tertiary/aromatic N) is 1. The second-order valence-electron chi connectivity index (χ2n) is 9.39. The Kier molecular flexibility index (Phi) is 7.62. The van der Waals surface area contributed by atoms with Gasteiger partial charge in [0.05, 0.1) is 35.8 Å². The van der Waals surface area contributed by atoms with Crippen molar-refractivity contribution in [2.45, 2.75) is 94.8 Å². The van der Waals surface area contributed by atoms with Crippen LogP contribution < -0.4 is 5.32 Å². The molecule has 2 N–H and O–H groups in total. The van der Waals surface area contributed by atoms with Crippen molar-refractivity contribution in [1.29, 1.82) is 0 Å². The van der Waals surface area contributed by atoms with Gasteiger partial charge < -0.3 is 20.1 Å². The maximum Gasteiger partial charge on any atom is 0.310 e. The summed E-state index contributed by atoms with van der Waals surface area (Å²) in [4.78, 5) is 42.0. The van der Waals surface area contributed by atoms with Gasteiger partial charge >= 0.3 is 5.97 Å². The molecule has 3 aliphatic rings. The number of ether oxygens (including phenoxy) is 1. The fourth-order valence-corrected chi connectivity index (χ4v) is 8.09. The summed E-state index contributed by atoms with van der Waals surface area (Å²) in [7, 11) is 0. The second-order valence-corrected chi connectivity index (χ2v) is 11.0. The van der Waals surface area contributed by atoms with Gasteiger partial charge in [-0.05, 0) is 39.0 Å². The Balaban J connectivity index is 2.03. The Morgan fingerprint density at radius 2 is 2.03 bits per heavy atom. The summed E-state index contributed by atoms with van der Waals surface area (Å²) in [6.45, 7) is 9.93. The molecular weight excluding hydrogens is 416 g/mol. The smallest absolute Gasteiger partial charge is 0.310 e. The summed E-state index contributed by atoms with van der Waals surface area (Å²) in [5.41, 5.74) is 0. The van der Waals surface area contributed by atoms with Gasteiger partial charge in [0.25, 0.3) is 0 Å². The second kappa shape index (κ2) is 9.69. The van der Waals surface area contributed by atoms with Crippen LogP contribution in [-0.4, -0.2) is 69.1 Å². The first kappa shape index (κ1) is 24.4. The molecule has 31 heavy (non-hydrogen) atoms. The number of aliphatic hydroxyl groups excluding tert-OH is 1. The van der Waals surface area contributed by atoms with E-state index in [0.717, 1.165) is 32.1 Å². The maximum absolute atomic E-state index is 13.9. The Morgan fingerprint density at radius 3 is 2.61 bits per heavy atom. The summed E-state index contributed by atoms with van der Waals surface area (Å²) >= 11 is 1.64. The van der Waals surface area contributed by atoms with Crippen LogP contribution in [0.15, 0.2) is 0 Å². The first-order valence-corrected chi connectivity index (χ1v) is 12.7. The Bertz CT molecular complexity index is 703. The molecule has 8 heteroatoms. The summed E-state index contributed by atoms with van der Waals surface area (Å²) in [5, 5.41) is 13.4. The molecule has 3 fully saturated rings. The molecule has 2 amide bonds. The molecule has 3 unspecified atom stereocenters. The van der Waals surface area contributed by atoms with E-state index in [-0.39, 0.29) is 48.2 Å². The van der Waals surface area contributed by atoms with Gasteiger partial charge in [-0.2, -0.15) is 0 Å². The Morgan fingerprint density at radius 1 is 1.32 bits per heavy atom. The highest BCUT2D eigenvalue weighted by Crippen LogP contribution is 2.66. The van der Waals surface area contributed by atoms with Crippen molar-refractivity contribution in [3.8, 4) is 0 Å². The maximum atomic E-state index is 13.9. The lowest BCUT2D eigenvalue weighted by molar-refractivity contribution is -0.154. The van der Waals surface area contributed by atoms with Crippen molar-refractivity contribution in [2.24, 2.45) is 17.8 Å². The minimum absolute atomic E-state index is 0.00512. The lowest BCUT2D eigenvalue weighted by Crippen LogP contribution is -2.58.